The van der Waals surface area contributed by atoms with Gasteiger partial charge in [0.2, 0.25) is 0 Å². The van der Waals surface area contributed by atoms with Gasteiger partial charge in [-0.15, -0.1) is 0 Å². The monoisotopic (exact) mass is 463 g/mol. The van der Waals surface area contributed by atoms with Crippen LogP contribution < -0.4 is 21.5 Å². The number of pyridine rings is 1. The van der Waals surface area contributed by atoms with Crippen molar-refractivity contribution in [1.82, 2.24) is 20.5 Å². The van der Waals surface area contributed by atoms with Crippen LogP contribution in [0.15, 0.2) is 52.4 Å². The summed E-state index contributed by atoms with van der Waals surface area (Å²) in [7, 11) is 0. The highest BCUT2D eigenvalue weighted by Gasteiger charge is 2.17. The number of halogens is 1. The summed E-state index contributed by atoms with van der Waals surface area (Å²) in [6, 6.07) is 9.25. The van der Waals surface area contributed by atoms with Gasteiger partial charge in [-0.25, -0.2) is 9.49 Å². The lowest BCUT2D eigenvalue weighted by Gasteiger charge is -2.17. The molecule has 0 saturated heterocycles. The Balaban J connectivity index is 1.56. The molecule has 2 aromatic heterocycles. The molecular weight excluding hydrogens is 437 g/mol. The van der Waals surface area contributed by atoms with Gasteiger partial charge in [-0.3, -0.25) is 24.9 Å². The number of hydrogen-bond donors (Lipinski definition) is 4. The highest BCUT2D eigenvalue weighted by Crippen LogP contribution is 2.25. The molecule has 1 amide bonds. The van der Waals surface area contributed by atoms with E-state index in [0.29, 0.717) is 35.7 Å². The minimum atomic E-state index is -0.594. The minimum absolute atomic E-state index is 0.00682. The molecule has 9 nitrogen and oxygen atoms in total. The fourth-order valence-electron chi connectivity index (χ4n) is 3.37. The Morgan fingerprint density at radius 3 is 2.62 bits per heavy atom. The predicted octanol–water partition coefficient (Wildman–Crippen LogP) is 3.28. The number of nitrogens with one attached hydrogen (secondary N) is 4. The third-order valence-corrected chi connectivity index (χ3v) is 5.31. The Morgan fingerprint density at radius 2 is 1.94 bits per heavy atom. The van der Waals surface area contributed by atoms with E-state index >= 15 is 0 Å². The van der Waals surface area contributed by atoms with Gasteiger partial charge in [-0.2, -0.15) is 5.10 Å². The second-order valence-electron chi connectivity index (χ2n) is 8.96. The molecule has 0 fully saturated rings. The lowest BCUT2D eigenvalue weighted by atomic mass is 9.91. The van der Waals surface area contributed by atoms with E-state index in [-0.39, 0.29) is 16.8 Å². The van der Waals surface area contributed by atoms with E-state index < -0.39 is 17.3 Å². The van der Waals surface area contributed by atoms with Crippen molar-refractivity contribution in [2.75, 3.05) is 23.8 Å². The molecule has 0 unspecified atom stereocenters. The Labute approximate surface area is 195 Å². The molecule has 0 atom stereocenters. The van der Waals surface area contributed by atoms with E-state index in [2.05, 4.69) is 36.1 Å². The number of nitrogens with zero attached hydrogens (tertiary/aromatic N) is 3. The number of hydrogen-bond acceptors (Lipinski definition) is 7. The van der Waals surface area contributed by atoms with Gasteiger partial charge >= 0.3 is 0 Å². The van der Waals surface area contributed by atoms with Crippen LogP contribution >= 0.6 is 0 Å². The normalized spacial score (nSPS) is 13.8. The van der Waals surface area contributed by atoms with Crippen molar-refractivity contribution in [2.24, 2.45) is 4.99 Å². The molecule has 34 heavy (non-hydrogen) atoms. The van der Waals surface area contributed by atoms with E-state index in [9.17, 15) is 14.0 Å². The van der Waals surface area contributed by atoms with Crippen LogP contribution in [0.4, 0.5) is 15.8 Å². The zero-order valence-corrected chi connectivity index (χ0v) is 19.2. The van der Waals surface area contributed by atoms with Gasteiger partial charge in [0.05, 0.1) is 23.6 Å². The molecular formula is C24H26FN7O2. The summed E-state index contributed by atoms with van der Waals surface area (Å²) in [5.41, 5.74) is 1.82. The second kappa shape index (κ2) is 9.52. The maximum absolute atomic E-state index is 14.5. The van der Waals surface area contributed by atoms with E-state index in [1.165, 1.54) is 24.4 Å². The number of amidine groups is 1. The molecule has 4 rings (SSSR count). The van der Waals surface area contributed by atoms with Gasteiger partial charge in [0.25, 0.3) is 11.5 Å². The van der Waals surface area contributed by atoms with Crippen LogP contribution in [-0.2, 0) is 5.41 Å². The van der Waals surface area contributed by atoms with Crippen LogP contribution in [0, 0.1) is 5.82 Å². The lowest BCUT2D eigenvalue weighted by molar-refractivity contribution is 0.102. The maximum Gasteiger partial charge on any atom is 0.287 e. The number of amides is 1. The van der Waals surface area contributed by atoms with Gasteiger partial charge < -0.3 is 10.6 Å². The number of H-pyrrole nitrogens is 1. The summed E-state index contributed by atoms with van der Waals surface area (Å²) in [6.45, 7) is 7.33. The van der Waals surface area contributed by atoms with E-state index in [0.717, 1.165) is 12.2 Å². The number of aromatic nitrogens is 3. The first kappa shape index (κ1) is 23.2. The number of rotatable bonds is 4. The molecule has 176 valence electrons. The number of anilines is 2. The third kappa shape index (κ3) is 5.34. The number of carbonyl (C=O) groups excluding carboxylic acids is 1. The smallest absolute Gasteiger partial charge is 0.287 e. The number of carbonyl (C=O) groups is 1. The van der Waals surface area contributed by atoms with Crippen LogP contribution in [0.25, 0.3) is 11.3 Å². The average molecular weight is 464 g/mol. The summed E-state index contributed by atoms with van der Waals surface area (Å²) in [5, 5.41) is 15.2. The Kier molecular flexibility index (Phi) is 6.51. The molecule has 4 N–H and O–H groups in total. The van der Waals surface area contributed by atoms with Crippen molar-refractivity contribution < 1.29 is 9.18 Å². The molecule has 0 spiro atoms. The highest BCUT2D eigenvalue weighted by atomic mass is 19.1. The molecule has 0 radical (unpaired) electrons. The van der Waals surface area contributed by atoms with E-state index in [1.54, 1.807) is 18.2 Å². The maximum atomic E-state index is 14.5. The quantitative estimate of drug-likeness (QED) is 0.471. The Morgan fingerprint density at radius 1 is 1.12 bits per heavy atom. The first-order valence-corrected chi connectivity index (χ1v) is 10.9. The van der Waals surface area contributed by atoms with Gasteiger partial charge in [0, 0.05) is 35.8 Å². The van der Waals surface area contributed by atoms with Crippen molar-refractivity contribution in [3.63, 3.8) is 0 Å². The largest absolute Gasteiger partial charge is 0.339 e. The first-order valence-electron chi connectivity index (χ1n) is 10.9. The standard InChI is InChI=1S/C24H26FN7O2/c1-24(2,3)20-7-5-15(12-27-20)22(33)30-18-10-14(4-6-16(18)25)17-11-19(23(34)32-31-17)29-21-8-9-26-13-28-21/h4-7,10-12,26H,8-9,13H2,1-3H3,(H,30,33)(H,32,34)(H,28,29,31). The van der Waals surface area contributed by atoms with E-state index in [1.807, 2.05) is 20.8 Å². The number of aliphatic imine (C=N–C) groups is 1. The van der Waals surface area contributed by atoms with Crippen molar-refractivity contribution in [2.45, 2.75) is 32.6 Å². The zero-order chi connectivity index (χ0) is 24.3. The van der Waals surface area contributed by atoms with Crippen LogP contribution in [0.2, 0.25) is 0 Å². The Hall–Kier alpha value is -3.92. The summed E-state index contributed by atoms with van der Waals surface area (Å²) < 4.78 is 14.5. The highest BCUT2D eigenvalue weighted by molar-refractivity contribution is 6.04. The molecule has 1 aromatic carbocycles. The topological polar surface area (TPSA) is 124 Å². The lowest BCUT2D eigenvalue weighted by Crippen LogP contribution is -2.30. The molecule has 0 saturated carbocycles. The second-order valence-corrected chi connectivity index (χ2v) is 8.96. The number of benzene rings is 1. The third-order valence-electron chi connectivity index (χ3n) is 5.31. The van der Waals surface area contributed by atoms with Crippen LogP contribution in [0.5, 0.6) is 0 Å². The summed E-state index contributed by atoms with van der Waals surface area (Å²) in [4.78, 5) is 33.5. The number of aromatic amines is 1. The fourth-order valence-corrected chi connectivity index (χ4v) is 3.37. The van der Waals surface area contributed by atoms with Crippen LogP contribution in [0.3, 0.4) is 0 Å². The summed E-state index contributed by atoms with van der Waals surface area (Å²) >= 11 is 0. The predicted molar refractivity (Wildman–Crippen MR) is 130 cm³/mol. The van der Waals surface area contributed by atoms with Crippen LogP contribution in [0.1, 0.15) is 43.2 Å². The van der Waals surface area contributed by atoms with Crippen molar-refractivity contribution in [1.29, 1.82) is 0 Å². The van der Waals surface area contributed by atoms with Crippen molar-refractivity contribution in [3.05, 3.63) is 70.0 Å². The fraction of sp³-hybridized carbons (Fsp3) is 0.292. The van der Waals surface area contributed by atoms with E-state index in [4.69, 9.17) is 0 Å². The molecule has 0 aliphatic carbocycles. The molecule has 1 aliphatic heterocycles. The summed E-state index contributed by atoms with van der Waals surface area (Å²) in [6.07, 6.45) is 2.14. The van der Waals surface area contributed by atoms with Crippen molar-refractivity contribution in [3.8, 4) is 11.3 Å². The molecule has 10 heteroatoms. The SMILES string of the molecule is CC(C)(C)c1ccc(C(=O)Nc2cc(-c3cc(NC4=NCNCC4)c(=O)[nH]n3)ccc2F)cn1. The minimum Gasteiger partial charge on any atom is -0.339 e. The molecule has 1 aliphatic rings. The molecule has 3 aromatic rings. The van der Waals surface area contributed by atoms with Gasteiger partial charge in [-0.05, 0) is 36.4 Å². The molecule has 0 bridgehead atoms. The van der Waals surface area contributed by atoms with Crippen LogP contribution in [-0.4, -0.2) is 40.1 Å². The van der Waals surface area contributed by atoms with Crippen molar-refractivity contribution >= 4 is 23.1 Å². The van der Waals surface area contributed by atoms with Gasteiger partial charge in [0.15, 0.2) is 0 Å². The Bertz CT molecular complexity index is 1290. The molecule has 3 heterocycles. The first-order chi connectivity index (χ1) is 16.2. The summed E-state index contributed by atoms with van der Waals surface area (Å²) in [5.74, 6) is -0.382. The average Bonchev–Trinajstić information content (AvgIpc) is 2.82. The van der Waals surface area contributed by atoms with Gasteiger partial charge in [0.1, 0.15) is 17.3 Å². The zero-order valence-electron chi connectivity index (χ0n) is 19.2. The van der Waals surface area contributed by atoms with Gasteiger partial charge in [-0.1, -0.05) is 20.8 Å².